The summed E-state index contributed by atoms with van der Waals surface area (Å²) in [5.74, 6) is 2.54. The van der Waals surface area contributed by atoms with E-state index in [2.05, 4.69) is 11.2 Å². The summed E-state index contributed by atoms with van der Waals surface area (Å²) in [7, 11) is 0. The number of benzene rings is 1. The third kappa shape index (κ3) is 4.38. The standard InChI is InChI=1S/C14H17NO3/c1-5-12(10-7-6-8-11(16)9-10)15-13(17)18-14(2,3)4/h1,6-9,12,16H,2-4H3,(H,15,17)/t12-/m1/s1. The fraction of sp³-hybridized carbons (Fsp3) is 0.357. The Labute approximate surface area is 107 Å². The van der Waals surface area contributed by atoms with Crippen LogP contribution in [0.25, 0.3) is 0 Å². The molecule has 0 unspecified atom stereocenters. The van der Waals surface area contributed by atoms with Crippen LogP contribution >= 0.6 is 0 Å². The Hall–Kier alpha value is -2.15. The van der Waals surface area contributed by atoms with Gasteiger partial charge in [-0.15, -0.1) is 6.42 Å². The quantitative estimate of drug-likeness (QED) is 0.790. The van der Waals surface area contributed by atoms with Crippen LogP contribution in [-0.4, -0.2) is 16.8 Å². The summed E-state index contributed by atoms with van der Waals surface area (Å²) in [5.41, 5.74) is 0.0468. The number of phenolic OH excluding ortho intramolecular Hbond substituents is 1. The Bertz CT molecular complexity index is 469. The average molecular weight is 247 g/mol. The van der Waals surface area contributed by atoms with Crippen LogP contribution in [-0.2, 0) is 4.74 Å². The Balaban J connectivity index is 2.75. The molecule has 0 aromatic heterocycles. The van der Waals surface area contributed by atoms with Crippen LogP contribution in [0.4, 0.5) is 4.79 Å². The number of hydrogen-bond donors (Lipinski definition) is 2. The van der Waals surface area contributed by atoms with Crippen LogP contribution in [0.3, 0.4) is 0 Å². The van der Waals surface area contributed by atoms with Crippen molar-refractivity contribution in [2.45, 2.75) is 32.4 Å². The maximum Gasteiger partial charge on any atom is 0.408 e. The maximum absolute atomic E-state index is 11.6. The molecule has 0 heterocycles. The molecule has 96 valence electrons. The fourth-order valence-electron chi connectivity index (χ4n) is 1.35. The lowest BCUT2D eigenvalue weighted by Crippen LogP contribution is -2.34. The summed E-state index contributed by atoms with van der Waals surface area (Å²) in [5, 5.41) is 11.9. The number of alkyl carbamates (subject to hydrolysis) is 1. The predicted octanol–water partition coefficient (Wildman–Crippen LogP) is 2.59. The number of terminal acetylenes is 1. The number of hydrogen-bond acceptors (Lipinski definition) is 3. The van der Waals surface area contributed by atoms with E-state index >= 15 is 0 Å². The van der Waals surface area contributed by atoms with E-state index in [1.165, 1.54) is 12.1 Å². The van der Waals surface area contributed by atoms with Crippen molar-refractivity contribution >= 4 is 6.09 Å². The zero-order valence-corrected chi connectivity index (χ0v) is 10.7. The van der Waals surface area contributed by atoms with Crippen molar-refractivity contribution in [2.75, 3.05) is 0 Å². The lowest BCUT2D eigenvalue weighted by Gasteiger charge is -2.21. The molecule has 0 spiro atoms. The Kier molecular flexibility index (Phi) is 4.22. The SMILES string of the molecule is C#C[C@@H](NC(=O)OC(C)(C)C)c1cccc(O)c1. The zero-order valence-electron chi connectivity index (χ0n) is 10.7. The number of nitrogens with one attached hydrogen (secondary N) is 1. The minimum Gasteiger partial charge on any atom is -0.508 e. The minimum absolute atomic E-state index is 0.0961. The highest BCUT2D eigenvalue weighted by Crippen LogP contribution is 2.18. The van der Waals surface area contributed by atoms with E-state index in [0.29, 0.717) is 5.56 Å². The van der Waals surface area contributed by atoms with Gasteiger partial charge in [0.25, 0.3) is 0 Å². The van der Waals surface area contributed by atoms with Crippen molar-refractivity contribution < 1.29 is 14.6 Å². The second-order valence-corrected chi connectivity index (χ2v) is 4.84. The lowest BCUT2D eigenvalue weighted by atomic mass is 10.1. The molecule has 0 saturated heterocycles. The molecular formula is C14H17NO3. The van der Waals surface area contributed by atoms with Gasteiger partial charge in [-0.1, -0.05) is 18.1 Å². The van der Waals surface area contributed by atoms with Gasteiger partial charge in [-0.3, -0.25) is 0 Å². The molecule has 1 aromatic carbocycles. The van der Waals surface area contributed by atoms with Crippen molar-refractivity contribution in [1.82, 2.24) is 5.32 Å². The van der Waals surface area contributed by atoms with Gasteiger partial charge in [-0.05, 0) is 38.5 Å². The lowest BCUT2D eigenvalue weighted by molar-refractivity contribution is 0.0515. The summed E-state index contributed by atoms with van der Waals surface area (Å²) in [6.45, 7) is 5.31. The van der Waals surface area contributed by atoms with E-state index in [-0.39, 0.29) is 5.75 Å². The van der Waals surface area contributed by atoms with Crippen molar-refractivity contribution in [2.24, 2.45) is 0 Å². The van der Waals surface area contributed by atoms with E-state index in [0.717, 1.165) is 0 Å². The first-order chi connectivity index (χ1) is 8.31. The molecule has 1 aromatic rings. The molecule has 0 bridgehead atoms. The number of aromatic hydroxyl groups is 1. The fourth-order valence-corrected chi connectivity index (χ4v) is 1.35. The van der Waals surface area contributed by atoms with Gasteiger partial charge in [0.2, 0.25) is 0 Å². The average Bonchev–Trinajstić information content (AvgIpc) is 2.23. The van der Waals surface area contributed by atoms with Gasteiger partial charge in [-0.25, -0.2) is 4.79 Å². The maximum atomic E-state index is 11.6. The van der Waals surface area contributed by atoms with Crippen molar-refractivity contribution in [1.29, 1.82) is 0 Å². The molecule has 0 aliphatic heterocycles. The van der Waals surface area contributed by atoms with Gasteiger partial charge in [0.1, 0.15) is 17.4 Å². The molecule has 0 aliphatic carbocycles. The highest BCUT2D eigenvalue weighted by Gasteiger charge is 2.19. The predicted molar refractivity (Wildman–Crippen MR) is 69.1 cm³/mol. The topological polar surface area (TPSA) is 58.6 Å². The first-order valence-corrected chi connectivity index (χ1v) is 5.56. The normalized spacial score (nSPS) is 12.3. The smallest absolute Gasteiger partial charge is 0.408 e. The van der Waals surface area contributed by atoms with Gasteiger partial charge < -0.3 is 15.2 Å². The molecule has 4 heteroatoms. The van der Waals surface area contributed by atoms with Gasteiger partial charge in [0, 0.05) is 0 Å². The molecule has 1 atom stereocenters. The first-order valence-electron chi connectivity index (χ1n) is 5.56. The monoisotopic (exact) mass is 247 g/mol. The molecule has 4 nitrogen and oxygen atoms in total. The Morgan fingerprint density at radius 1 is 1.50 bits per heavy atom. The van der Waals surface area contributed by atoms with Crippen molar-refractivity contribution in [3.63, 3.8) is 0 Å². The van der Waals surface area contributed by atoms with Gasteiger partial charge in [0.15, 0.2) is 0 Å². The number of rotatable bonds is 2. The molecular weight excluding hydrogens is 230 g/mol. The van der Waals surface area contributed by atoms with Gasteiger partial charge >= 0.3 is 6.09 Å². The summed E-state index contributed by atoms with van der Waals surface area (Å²) < 4.78 is 5.11. The second kappa shape index (κ2) is 5.46. The van der Waals surface area contributed by atoms with Crippen LogP contribution in [0.15, 0.2) is 24.3 Å². The second-order valence-electron chi connectivity index (χ2n) is 4.84. The van der Waals surface area contributed by atoms with Crippen LogP contribution in [0.2, 0.25) is 0 Å². The molecule has 0 saturated carbocycles. The molecule has 0 aliphatic rings. The molecule has 1 rings (SSSR count). The third-order valence-corrected chi connectivity index (χ3v) is 2.03. The van der Waals surface area contributed by atoms with Crippen molar-refractivity contribution in [3.8, 4) is 18.1 Å². The molecule has 18 heavy (non-hydrogen) atoms. The summed E-state index contributed by atoms with van der Waals surface area (Å²) in [6.07, 6.45) is 4.78. The summed E-state index contributed by atoms with van der Waals surface area (Å²) in [4.78, 5) is 11.6. The van der Waals surface area contributed by atoms with E-state index in [1.54, 1.807) is 32.9 Å². The van der Waals surface area contributed by atoms with Crippen LogP contribution in [0.5, 0.6) is 5.75 Å². The van der Waals surface area contributed by atoms with Crippen LogP contribution < -0.4 is 5.32 Å². The molecule has 2 N–H and O–H groups in total. The zero-order chi connectivity index (χ0) is 13.8. The third-order valence-electron chi connectivity index (χ3n) is 2.03. The van der Waals surface area contributed by atoms with Crippen LogP contribution in [0.1, 0.15) is 32.4 Å². The largest absolute Gasteiger partial charge is 0.508 e. The number of phenols is 1. The molecule has 0 radical (unpaired) electrons. The molecule has 0 fully saturated rings. The van der Waals surface area contributed by atoms with E-state index in [9.17, 15) is 9.90 Å². The van der Waals surface area contributed by atoms with Crippen molar-refractivity contribution in [3.05, 3.63) is 29.8 Å². The number of ether oxygens (including phenoxy) is 1. The summed E-state index contributed by atoms with van der Waals surface area (Å²) in [6, 6.07) is 5.78. The first kappa shape index (κ1) is 13.9. The number of carbonyl (C=O) groups excluding carboxylic acids is 1. The van der Waals surface area contributed by atoms with Gasteiger partial charge in [-0.2, -0.15) is 0 Å². The minimum atomic E-state index is -0.632. The Morgan fingerprint density at radius 3 is 2.67 bits per heavy atom. The highest BCUT2D eigenvalue weighted by molar-refractivity contribution is 5.69. The van der Waals surface area contributed by atoms with E-state index in [1.807, 2.05) is 0 Å². The van der Waals surface area contributed by atoms with E-state index < -0.39 is 17.7 Å². The summed E-state index contributed by atoms with van der Waals surface area (Å²) >= 11 is 0. The number of carbonyl (C=O) groups is 1. The van der Waals surface area contributed by atoms with E-state index in [4.69, 9.17) is 11.2 Å². The molecule has 1 amide bonds. The van der Waals surface area contributed by atoms with Crippen LogP contribution in [0, 0.1) is 12.3 Å². The highest BCUT2D eigenvalue weighted by atomic mass is 16.6. The number of amides is 1. The Morgan fingerprint density at radius 2 is 2.17 bits per heavy atom. The van der Waals surface area contributed by atoms with Gasteiger partial charge in [0.05, 0.1) is 0 Å².